The Hall–Kier alpha value is -2.67. The first-order chi connectivity index (χ1) is 12.5. The minimum atomic E-state index is -0.466. The fraction of sp³-hybridized carbons (Fsp3) is 0.333. The molecule has 0 saturated carbocycles. The van der Waals surface area contributed by atoms with Gasteiger partial charge in [-0.1, -0.05) is 24.9 Å². The number of aromatic nitrogens is 2. The summed E-state index contributed by atoms with van der Waals surface area (Å²) in [5.74, 6) is -0.239. The van der Waals surface area contributed by atoms with Crippen molar-refractivity contribution in [3.8, 4) is 0 Å². The van der Waals surface area contributed by atoms with Gasteiger partial charge in [0.25, 0.3) is 5.91 Å². The molecule has 2 rings (SSSR count). The summed E-state index contributed by atoms with van der Waals surface area (Å²) >= 11 is 6.14. The van der Waals surface area contributed by atoms with Gasteiger partial charge in [-0.2, -0.15) is 0 Å². The number of hydrogen-bond donors (Lipinski definition) is 1. The number of esters is 1. The number of amides is 1. The highest BCUT2D eigenvalue weighted by atomic mass is 35.5. The third-order valence-corrected chi connectivity index (χ3v) is 4.06. The molecule has 8 heteroatoms. The smallest absolute Gasteiger partial charge is 0.337 e. The molecule has 2 aromatic rings. The summed E-state index contributed by atoms with van der Waals surface area (Å²) in [6.45, 7) is 2.74. The summed E-state index contributed by atoms with van der Waals surface area (Å²) in [5.41, 5.74) is 1.11. The van der Waals surface area contributed by atoms with Gasteiger partial charge in [-0.05, 0) is 36.8 Å². The monoisotopic (exact) mass is 376 g/mol. The van der Waals surface area contributed by atoms with Crippen molar-refractivity contribution in [2.24, 2.45) is 0 Å². The van der Waals surface area contributed by atoms with Gasteiger partial charge in [0.1, 0.15) is 0 Å². The van der Waals surface area contributed by atoms with Crippen LogP contribution >= 0.6 is 11.6 Å². The van der Waals surface area contributed by atoms with Gasteiger partial charge >= 0.3 is 5.97 Å². The molecule has 0 saturated heterocycles. The molecule has 1 aromatic heterocycles. The van der Waals surface area contributed by atoms with E-state index in [4.69, 9.17) is 16.3 Å². The van der Waals surface area contributed by atoms with Crippen LogP contribution in [0.4, 0.5) is 11.5 Å². The second kappa shape index (κ2) is 9.15. The molecule has 0 spiro atoms. The van der Waals surface area contributed by atoms with E-state index in [2.05, 4.69) is 22.4 Å². The van der Waals surface area contributed by atoms with Crippen LogP contribution in [-0.2, 0) is 4.74 Å². The van der Waals surface area contributed by atoms with Gasteiger partial charge in [-0.3, -0.25) is 4.79 Å². The SMILES string of the molecule is CCCCN(C)C(=O)c1ccc(Nc2cc(C(=O)OC)ccc2Cl)nn1. The number of methoxy groups -OCH3 is 1. The van der Waals surface area contributed by atoms with E-state index in [1.165, 1.54) is 7.11 Å². The largest absolute Gasteiger partial charge is 0.465 e. The van der Waals surface area contributed by atoms with Crippen molar-refractivity contribution >= 4 is 35.0 Å². The Balaban J connectivity index is 2.12. The lowest BCUT2D eigenvalue weighted by molar-refractivity contribution is 0.0600. The molecule has 1 amide bonds. The second-order valence-electron chi connectivity index (χ2n) is 5.70. The summed E-state index contributed by atoms with van der Waals surface area (Å²) in [4.78, 5) is 25.5. The molecule has 0 aliphatic carbocycles. The van der Waals surface area contributed by atoms with Crippen molar-refractivity contribution in [2.45, 2.75) is 19.8 Å². The van der Waals surface area contributed by atoms with Gasteiger partial charge in [0.2, 0.25) is 0 Å². The molecule has 7 nitrogen and oxygen atoms in total. The van der Waals surface area contributed by atoms with E-state index in [1.54, 1.807) is 42.3 Å². The number of unbranched alkanes of at least 4 members (excludes halogenated alkanes) is 1. The maximum atomic E-state index is 12.3. The lowest BCUT2D eigenvalue weighted by Gasteiger charge is -2.16. The second-order valence-corrected chi connectivity index (χ2v) is 6.10. The van der Waals surface area contributed by atoms with Gasteiger partial charge in [0, 0.05) is 13.6 Å². The van der Waals surface area contributed by atoms with Crippen molar-refractivity contribution in [1.82, 2.24) is 15.1 Å². The topological polar surface area (TPSA) is 84.4 Å². The number of carbonyl (C=O) groups is 2. The summed E-state index contributed by atoms with van der Waals surface area (Å²) < 4.78 is 4.69. The molecular weight excluding hydrogens is 356 g/mol. The molecule has 0 aliphatic heterocycles. The van der Waals surface area contributed by atoms with E-state index in [0.29, 0.717) is 28.6 Å². The zero-order chi connectivity index (χ0) is 19.1. The summed E-state index contributed by atoms with van der Waals surface area (Å²) in [6.07, 6.45) is 1.95. The van der Waals surface area contributed by atoms with Gasteiger partial charge in [0.05, 0.1) is 23.4 Å². The molecular formula is C18H21ClN4O3. The number of halogens is 1. The number of hydrogen-bond acceptors (Lipinski definition) is 6. The first kappa shape index (κ1) is 19.7. The van der Waals surface area contributed by atoms with Crippen LogP contribution in [0.1, 0.15) is 40.6 Å². The number of rotatable bonds is 7. The Bertz CT molecular complexity index is 781. The van der Waals surface area contributed by atoms with Crippen LogP contribution in [0, 0.1) is 0 Å². The van der Waals surface area contributed by atoms with E-state index in [1.807, 2.05) is 0 Å². The maximum absolute atomic E-state index is 12.3. The molecule has 0 unspecified atom stereocenters. The minimum Gasteiger partial charge on any atom is -0.465 e. The predicted octanol–water partition coefficient (Wildman–Crippen LogP) is 3.53. The lowest BCUT2D eigenvalue weighted by Crippen LogP contribution is -2.28. The maximum Gasteiger partial charge on any atom is 0.337 e. The van der Waals surface area contributed by atoms with Crippen LogP contribution in [-0.4, -0.2) is 47.7 Å². The quantitative estimate of drug-likeness (QED) is 0.744. The Morgan fingerprint density at radius 1 is 1.23 bits per heavy atom. The highest BCUT2D eigenvalue weighted by Crippen LogP contribution is 2.26. The van der Waals surface area contributed by atoms with Crippen molar-refractivity contribution < 1.29 is 14.3 Å². The Morgan fingerprint density at radius 3 is 2.62 bits per heavy atom. The Labute approximate surface area is 157 Å². The van der Waals surface area contributed by atoms with Crippen LogP contribution in [0.15, 0.2) is 30.3 Å². The molecule has 1 heterocycles. The molecule has 1 aromatic carbocycles. The van der Waals surface area contributed by atoms with Crippen molar-refractivity contribution in [2.75, 3.05) is 26.0 Å². The van der Waals surface area contributed by atoms with E-state index in [-0.39, 0.29) is 11.6 Å². The first-order valence-corrected chi connectivity index (χ1v) is 8.58. The van der Waals surface area contributed by atoms with Crippen molar-refractivity contribution in [3.63, 3.8) is 0 Å². The van der Waals surface area contributed by atoms with E-state index < -0.39 is 5.97 Å². The average molecular weight is 377 g/mol. The fourth-order valence-electron chi connectivity index (χ4n) is 2.21. The lowest BCUT2D eigenvalue weighted by atomic mass is 10.2. The summed E-state index contributed by atoms with van der Waals surface area (Å²) in [7, 11) is 3.05. The van der Waals surface area contributed by atoms with Crippen LogP contribution in [0.5, 0.6) is 0 Å². The summed E-state index contributed by atoms with van der Waals surface area (Å²) in [6, 6.07) is 7.95. The van der Waals surface area contributed by atoms with E-state index in [0.717, 1.165) is 12.8 Å². The zero-order valence-electron chi connectivity index (χ0n) is 15.0. The number of anilines is 2. The van der Waals surface area contributed by atoms with Crippen molar-refractivity contribution in [3.05, 3.63) is 46.6 Å². The fourth-order valence-corrected chi connectivity index (χ4v) is 2.37. The zero-order valence-corrected chi connectivity index (χ0v) is 15.7. The highest BCUT2D eigenvalue weighted by molar-refractivity contribution is 6.33. The molecule has 0 bridgehead atoms. The van der Waals surface area contributed by atoms with Gasteiger partial charge in [-0.15, -0.1) is 10.2 Å². The number of ether oxygens (including phenoxy) is 1. The highest BCUT2D eigenvalue weighted by Gasteiger charge is 2.14. The summed E-state index contributed by atoms with van der Waals surface area (Å²) in [5, 5.41) is 11.4. The third-order valence-electron chi connectivity index (χ3n) is 3.73. The van der Waals surface area contributed by atoms with Crippen LogP contribution < -0.4 is 5.32 Å². The standard InChI is InChI=1S/C18H21ClN4O3/c1-4-5-10-23(2)17(24)14-8-9-16(22-21-14)20-15-11-12(18(25)26-3)6-7-13(15)19/h6-9,11H,4-5,10H2,1-3H3,(H,20,22). The van der Waals surface area contributed by atoms with E-state index >= 15 is 0 Å². The third kappa shape index (κ3) is 4.92. The van der Waals surface area contributed by atoms with Crippen LogP contribution in [0.25, 0.3) is 0 Å². The molecule has 0 atom stereocenters. The van der Waals surface area contributed by atoms with Gasteiger partial charge in [0.15, 0.2) is 11.5 Å². The number of carbonyl (C=O) groups excluding carboxylic acids is 2. The van der Waals surface area contributed by atoms with Crippen LogP contribution in [0.3, 0.4) is 0 Å². The molecule has 0 aliphatic rings. The predicted molar refractivity (Wildman–Crippen MR) is 100.0 cm³/mol. The molecule has 138 valence electrons. The van der Waals surface area contributed by atoms with Gasteiger partial charge < -0.3 is 15.0 Å². The Kier molecular flexibility index (Phi) is 6.91. The normalized spacial score (nSPS) is 10.3. The Morgan fingerprint density at radius 2 is 2.00 bits per heavy atom. The van der Waals surface area contributed by atoms with E-state index in [9.17, 15) is 9.59 Å². The van der Waals surface area contributed by atoms with Gasteiger partial charge in [-0.25, -0.2) is 4.79 Å². The van der Waals surface area contributed by atoms with Crippen LogP contribution in [0.2, 0.25) is 5.02 Å². The molecule has 0 radical (unpaired) electrons. The minimum absolute atomic E-state index is 0.178. The van der Waals surface area contributed by atoms with Crippen molar-refractivity contribution in [1.29, 1.82) is 0 Å². The number of benzene rings is 1. The molecule has 26 heavy (non-hydrogen) atoms. The average Bonchev–Trinajstić information content (AvgIpc) is 2.67. The first-order valence-electron chi connectivity index (χ1n) is 8.20. The molecule has 1 N–H and O–H groups in total. The molecule has 0 fully saturated rings. The number of nitrogens with one attached hydrogen (secondary N) is 1. The number of nitrogens with zero attached hydrogens (tertiary/aromatic N) is 3.